The molecule has 0 saturated carbocycles. The number of rotatable bonds is 12. The number of benzene rings is 3. The van der Waals surface area contributed by atoms with Gasteiger partial charge in [-0.15, -0.1) is 0 Å². The molecule has 0 fully saturated rings. The summed E-state index contributed by atoms with van der Waals surface area (Å²) in [6.07, 6.45) is -0.788. The van der Waals surface area contributed by atoms with Gasteiger partial charge in [0.05, 0.1) is 17.8 Å². The first-order valence-corrected chi connectivity index (χ1v) is 16.9. The average molecular weight is 756 g/mol. The lowest BCUT2D eigenvalue weighted by atomic mass is 9.98. The smallest absolute Gasteiger partial charge is 0.408 e. The van der Waals surface area contributed by atoms with Gasteiger partial charge in [0, 0.05) is 23.9 Å². The average Bonchev–Trinajstić information content (AvgIpc) is 3.05. The Bertz CT molecular complexity index is 1790. The molecule has 10 nitrogen and oxygen atoms in total. The molecule has 1 aromatic heterocycles. The minimum Gasteiger partial charge on any atom is -0.489 e. The molecule has 0 aliphatic heterocycles. The lowest BCUT2D eigenvalue weighted by Gasteiger charge is -2.26. The summed E-state index contributed by atoms with van der Waals surface area (Å²) in [7, 11) is 0. The number of nitrogens with zero attached hydrogens (tertiary/aromatic N) is 1. The van der Waals surface area contributed by atoms with Crippen LogP contribution in [0.15, 0.2) is 85.1 Å². The summed E-state index contributed by atoms with van der Waals surface area (Å²) in [4.78, 5) is 39.1. The SMILES string of the molecule is CC(C)(C)OC(=O)N[C@@H](Cc1cc(F)cc(F)c1)C(O)c1ccc(COc2ccccc2)cn1.CC(C)(C)OC(=O)N[C@H](C=O)Cc1cc(F)cc(F)c1. The highest BCUT2D eigenvalue weighted by atomic mass is 19.1. The van der Waals surface area contributed by atoms with Gasteiger partial charge in [0.1, 0.15) is 59.2 Å². The fourth-order valence-electron chi connectivity index (χ4n) is 4.84. The van der Waals surface area contributed by atoms with Crippen LogP contribution in [0.3, 0.4) is 0 Å². The van der Waals surface area contributed by atoms with Crippen molar-refractivity contribution in [3.63, 3.8) is 0 Å². The first kappa shape index (κ1) is 42.9. The van der Waals surface area contributed by atoms with Crippen LogP contribution in [-0.4, -0.2) is 51.8 Å². The zero-order valence-corrected chi connectivity index (χ0v) is 30.9. The minimum atomic E-state index is -1.26. The van der Waals surface area contributed by atoms with Gasteiger partial charge in [-0.25, -0.2) is 27.2 Å². The summed E-state index contributed by atoms with van der Waals surface area (Å²) in [5.41, 5.74) is 0.150. The molecule has 0 spiro atoms. The van der Waals surface area contributed by atoms with Crippen molar-refractivity contribution < 1.29 is 51.3 Å². The zero-order valence-electron chi connectivity index (χ0n) is 30.9. The third-order valence-corrected chi connectivity index (χ3v) is 7.00. The van der Waals surface area contributed by atoms with E-state index in [9.17, 15) is 37.1 Å². The number of alkyl carbamates (subject to hydrolysis) is 2. The summed E-state index contributed by atoms with van der Waals surface area (Å²) >= 11 is 0. The molecule has 3 atom stereocenters. The molecule has 14 heteroatoms. The predicted molar refractivity (Wildman–Crippen MR) is 192 cm³/mol. The highest BCUT2D eigenvalue weighted by Crippen LogP contribution is 2.22. The lowest BCUT2D eigenvalue weighted by molar-refractivity contribution is -0.109. The number of aromatic nitrogens is 1. The Morgan fingerprint density at radius 3 is 1.69 bits per heavy atom. The van der Waals surface area contributed by atoms with Crippen molar-refractivity contribution in [2.24, 2.45) is 0 Å². The first-order chi connectivity index (χ1) is 25.3. The van der Waals surface area contributed by atoms with Crippen LogP contribution < -0.4 is 15.4 Å². The van der Waals surface area contributed by atoms with Crippen LogP contribution in [0, 0.1) is 23.3 Å². The van der Waals surface area contributed by atoms with E-state index in [1.807, 2.05) is 30.3 Å². The van der Waals surface area contributed by atoms with Crippen LogP contribution in [0.5, 0.6) is 5.75 Å². The quantitative estimate of drug-likeness (QED) is 0.0989. The van der Waals surface area contributed by atoms with Crippen molar-refractivity contribution in [2.75, 3.05) is 0 Å². The molecule has 2 amide bonds. The molecule has 3 aromatic carbocycles. The van der Waals surface area contributed by atoms with Gasteiger partial charge in [-0.1, -0.05) is 24.3 Å². The molecule has 0 saturated heterocycles. The van der Waals surface area contributed by atoms with E-state index in [2.05, 4.69) is 15.6 Å². The molecule has 1 unspecified atom stereocenters. The second-order valence-electron chi connectivity index (χ2n) is 14.2. The number of carbonyl (C=O) groups excluding carboxylic acids is 3. The Morgan fingerprint density at radius 2 is 1.22 bits per heavy atom. The van der Waals surface area contributed by atoms with Crippen molar-refractivity contribution >= 4 is 18.5 Å². The molecule has 54 heavy (non-hydrogen) atoms. The second kappa shape index (κ2) is 19.5. The Morgan fingerprint density at radius 1 is 0.722 bits per heavy atom. The van der Waals surface area contributed by atoms with Crippen LogP contribution in [0.4, 0.5) is 27.2 Å². The molecule has 3 N–H and O–H groups in total. The maximum Gasteiger partial charge on any atom is 0.408 e. The Balaban J connectivity index is 0.000000334. The van der Waals surface area contributed by atoms with E-state index in [1.54, 1.807) is 59.9 Å². The largest absolute Gasteiger partial charge is 0.489 e. The number of aldehydes is 1. The van der Waals surface area contributed by atoms with Gasteiger partial charge in [0.25, 0.3) is 0 Å². The van der Waals surface area contributed by atoms with E-state index in [0.29, 0.717) is 6.29 Å². The maximum absolute atomic E-state index is 13.7. The van der Waals surface area contributed by atoms with Crippen molar-refractivity contribution in [3.05, 3.63) is 131 Å². The number of nitrogens with one attached hydrogen (secondary N) is 2. The van der Waals surface area contributed by atoms with Crippen LogP contribution in [0.2, 0.25) is 0 Å². The van der Waals surface area contributed by atoms with Gasteiger partial charge in [-0.05, 0) is 108 Å². The van der Waals surface area contributed by atoms with Crippen molar-refractivity contribution in [1.82, 2.24) is 15.6 Å². The molecule has 4 aromatic rings. The zero-order chi connectivity index (χ0) is 40.1. The number of aliphatic hydroxyl groups is 1. The highest BCUT2D eigenvalue weighted by Gasteiger charge is 2.27. The van der Waals surface area contributed by atoms with E-state index in [4.69, 9.17) is 14.2 Å². The standard InChI is InChI=1S/C26H28F2N2O4.C14H17F2NO3/c1-26(2,3)34-25(32)30-23(13-18-11-19(27)14-20(28)12-18)24(31)22-10-9-17(15-29-22)16-33-21-7-5-4-6-8-21;1-14(2,3)20-13(19)17-12(8-18)6-9-4-10(15)7-11(16)5-9/h4-12,14-15,23-24,31H,13,16H2,1-3H3,(H,30,32);4-5,7-8,12H,6H2,1-3H3,(H,17,19)/t23-,24?;12-/m00/s1. The molecule has 0 aliphatic carbocycles. The van der Waals surface area contributed by atoms with E-state index < -0.39 is 64.8 Å². The van der Waals surface area contributed by atoms with Crippen molar-refractivity contribution in [3.8, 4) is 5.75 Å². The molecular formula is C40H45F4N3O7. The summed E-state index contributed by atoms with van der Waals surface area (Å²) in [6.45, 7) is 10.5. The van der Waals surface area contributed by atoms with Crippen molar-refractivity contribution in [1.29, 1.82) is 0 Å². The van der Waals surface area contributed by atoms with Crippen LogP contribution in [-0.2, 0) is 33.7 Å². The molecule has 0 radical (unpaired) electrons. The Hall–Kier alpha value is -5.50. The number of para-hydroxylation sites is 1. The van der Waals surface area contributed by atoms with Gasteiger partial charge in [0.2, 0.25) is 0 Å². The topological polar surface area (TPSA) is 136 Å². The summed E-state index contributed by atoms with van der Waals surface area (Å²) in [5.74, 6) is -2.25. The summed E-state index contributed by atoms with van der Waals surface area (Å²) < 4.78 is 69.4. The molecule has 0 bridgehead atoms. The molecule has 290 valence electrons. The monoisotopic (exact) mass is 755 g/mol. The summed E-state index contributed by atoms with van der Waals surface area (Å²) in [5, 5.41) is 15.9. The van der Waals surface area contributed by atoms with E-state index in [-0.39, 0.29) is 36.3 Å². The lowest BCUT2D eigenvalue weighted by Crippen LogP contribution is -2.43. The number of amides is 2. The van der Waals surface area contributed by atoms with E-state index >= 15 is 0 Å². The van der Waals surface area contributed by atoms with Crippen LogP contribution >= 0.6 is 0 Å². The van der Waals surface area contributed by atoms with Gasteiger partial charge in [0.15, 0.2) is 0 Å². The number of hydrogen-bond donors (Lipinski definition) is 3. The minimum absolute atomic E-state index is 0.0164. The Labute approximate surface area is 311 Å². The number of ether oxygens (including phenoxy) is 3. The molecular weight excluding hydrogens is 710 g/mol. The first-order valence-electron chi connectivity index (χ1n) is 16.9. The van der Waals surface area contributed by atoms with Gasteiger partial charge in [-0.3, -0.25) is 4.98 Å². The van der Waals surface area contributed by atoms with Crippen LogP contribution in [0.1, 0.15) is 70.0 Å². The third-order valence-electron chi connectivity index (χ3n) is 7.00. The number of aliphatic hydroxyl groups excluding tert-OH is 1. The van der Waals surface area contributed by atoms with Gasteiger partial charge < -0.3 is 34.7 Å². The Kier molecular flexibility index (Phi) is 15.5. The number of carbonyl (C=O) groups is 3. The fourth-order valence-corrected chi connectivity index (χ4v) is 4.84. The number of pyridine rings is 1. The molecule has 0 aliphatic rings. The molecule has 1 heterocycles. The predicted octanol–water partition coefficient (Wildman–Crippen LogP) is 7.71. The van der Waals surface area contributed by atoms with Crippen molar-refractivity contribution in [2.45, 2.75) is 90.4 Å². The van der Waals surface area contributed by atoms with Gasteiger partial charge >= 0.3 is 12.2 Å². The summed E-state index contributed by atoms with van der Waals surface area (Å²) in [6, 6.07) is 16.8. The maximum atomic E-state index is 13.7. The molecule has 4 rings (SSSR count). The highest BCUT2D eigenvalue weighted by molar-refractivity contribution is 5.73. The third kappa shape index (κ3) is 16.0. The normalized spacial score (nSPS) is 12.9. The van der Waals surface area contributed by atoms with Crippen LogP contribution in [0.25, 0.3) is 0 Å². The second-order valence-corrected chi connectivity index (χ2v) is 14.2. The van der Waals surface area contributed by atoms with E-state index in [0.717, 1.165) is 47.7 Å². The van der Waals surface area contributed by atoms with Gasteiger partial charge in [-0.2, -0.15) is 0 Å². The fraction of sp³-hybridized carbons (Fsp3) is 0.350. The number of halogens is 4. The van der Waals surface area contributed by atoms with E-state index in [1.165, 1.54) is 0 Å². The number of hydrogen-bond acceptors (Lipinski definition) is 8.